The van der Waals surface area contributed by atoms with Crippen molar-refractivity contribution in [1.82, 2.24) is 14.5 Å². The fourth-order valence-electron chi connectivity index (χ4n) is 2.92. The van der Waals surface area contributed by atoms with Crippen LogP contribution in [0.4, 0.5) is 0 Å². The van der Waals surface area contributed by atoms with Crippen LogP contribution in [0.25, 0.3) is 0 Å². The summed E-state index contributed by atoms with van der Waals surface area (Å²) in [6.07, 6.45) is 10.9. The maximum atomic E-state index is 10.8. The molecule has 0 radical (unpaired) electrons. The van der Waals surface area contributed by atoms with Crippen LogP contribution in [0.1, 0.15) is 37.3 Å². The summed E-state index contributed by atoms with van der Waals surface area (Å²) in [5, 5.41) is 10.8. The predicted octanol–water partition coefficient (Wildman–Crippen LogP) is 2.29. The smallest absolute Gasteiger partial charge is 0.316 e. The second kappa shape index (κ2) is 5.25. The zero-order valence-corrected chi connectivity index (χ0v) is 11.6. The lowest BCUT2D eigenvalue weighted by molar-refractivity contribution is -0.0129. The Bertz CT molecular complexity index is 543. The molecule has 1 saturated carbocycles. The van der Waals surface area contributed by atoms with Gasteiger partial charge in [0, 0.05) is 36.4 Å². The summed E-state index contributed by atoms with van der Waals surface area (Å²) in [5.74, 6) is 0. The molecule has 106 valence electrons. The fourth-order valence-corrected chi connectivity index (χ4v) is 2.92. The number of methoxy groups -OCH3 is 1. The molecule has 1 aliphatic carbocycles. The maximum absolute atomic E-state index is 10.8. The molecule has 0 aliphatic heterocycles. The average molecular weight is 273 g/mol. The summed E-state index contributed by atoms with van der Waals surface area (Å²) >= 11 is 0. The van der Waals surface area contributed by atoms with E-state index in [4.69, 9.17) is 4.74 Å². The number of hydrogen-bond donors (Lipinski definition) is 1. The van der Waals surface area contributed by atoms with Gasteiger partial charge in [-0.1, -0.05) is 0 Å². The van der Waals surface area contributed by atoms with Crippen LogP contribution < -0.4 is 4.74 Å². The number of nitrogens with zero attached hydrogens (tertiary/aromatic N) is 3. The fraction of sp³-hybridized carbons (Fsp3) is 0.467. The van der Waals surface area contributed by atoms with Crippen molar-refractivity contribution in [3.63, 3.8) is 0 Å². The van der Waals surface area contributed by atoms with Gasteiger partial charge in [-0.05, 0) is 37.8 Å². The van der Waals surface area contributed by atoms with Crippen molar-refractivity contribution in [2.75, 3.05) is 7.11 Å². The van der Waals surface area contributed by atoms with Crippen LogP contribution in [0.2, 0.25) is 0 Å². The van der Waals surface area contributed by atoms with Crippen LogP contribution in [0.5, 0.6) is 6.01 Å². The van der Waals surface area contributed by atoms with Crippen molar-refractivity contribution < 1.29 is 9.84 Å². The second-order valence-corrected chi connectivity index (χ2v) is 5.35. The van der Waals surface area contributed by atoms with Gasteiger partial charge in [-0.15, -0.1) is 0 Å². The topological polar surface area (TPSA) is 60.2 Å². The third kappa shape index (κ3) is 2.41. The Balaban J connectivity index is 1.71. The highest BCUT2D eigenvalue weighted by molar-refractivity contribution is 5.18. The van der Waals surface area contributed by atoms with E-state index in [2.05, 4.69) is 26.9 Å². The molecule has 2 aromatic rings. The van der Waals surface area contributed by atoms with E-state index >= 15 is 0 Å². The minimum Gasteiger partial charge on any atom is -0.467 e. The summed E-state index contributed by atoms with van der Waals surface area (Å²) < 4.78 is 7.17. The van der Waals surface area contributed by atoms with Gasteiger partial charge in [-0.3, -0.25) is 0 Å². The number of rotatable bonds is 3. The van der Waals surface area contributed by atoms with Crippen LogP contribution in [0.15, 0.2) is 36.9 Å². The first-order chi connectivity index (χ1) is 9.71. The summed E-state index contributed by atoms with van der Waals surface area (Å²) in [6.45, 7) is 0. The van der Waals surface area contributed by atoms with Gasteiger partial charge >= 0.3 is 6.01 Å². The molecule has 1 N–H and O–H groups in total. The third-order valence-electron chi connectivity index (χ3n) is 4.18. The van der Waals surface area contributed by atoms with E-state index in [9.17, 15) is 5.11 Å². The zero-order valence-electron chi connectivity index (χ0n) is 11.6. The Morgan fingerprint density at radius 1 is 1.20 bits per heavy atom. The minimum absolute atomic E-state index is 0.332. The van der Waals surface area contributed by atoms with Crippen molar-refractivity contribution >= 4 is 0 Å². The van der Waals surface area contributed by atoms with E-state index in [0.717, 1.165) is 31.2 Å². The van der Waals surface area contributed by atoms with Gasteiger partial charge in [0.25, 0.3) is 0 Å². The van der Waals surface area contributed by atoms with Crippen LogP contribution in [0, 0.1) is 0 Å². The quantitative estimate of drug-likeness (QED) is 0.932. The molecule has 5 heteroatoms. The van der Waals surface area contributed by atoms with Crippen molar-refractivity contribution in [1.29, 1.82) is 0 Å². The maximum Gasteiger partial charge on any atom is 0.316 e. The zero-order chi connectivity index (χ0) is 14.0. The molecule has 20 heavy (non-hydrogen) atoms. The molecular weight excluding hydrogens is 254 g/mol. The van der Waals surface area contributed by atoms with Crippen LogP contribution in [-0.2, 0) is 5.60 Å². The van der Waals surface area contributed by atoms with E-state index < -0.39 is 5.60 Å². The Morgan fingerprint density at radius 2 is 1.80 bits per heavy atom. The van der Waals surface area contributed by atoms with Gasteiger partial charge in [0.2, 0.25) is 0 Å². The SMILES string of the molecule is COc1ncc(C2(O)CCC(n3cccc3)CC2)cn1. The number of aromatic nitrogens is 3. The first-order valence-electron chi connectivity index (χ1n) is 6.93. The standard InChI is InChI=1S/C15H19N3O2/c1-20-14-16-10-12(11-17-14)15(19)6-4-13(5-7-15)18-8-2-3-9-18/h2-3,8-11,13,19H,4-7H2,1H3. The van der Waals surface area contributed by atoms with Gasteiger partial charge in [-0.2, -0.15) is 0 Å². The molecular formula is C15H19N3O2. The average Bonchev–Trinajstić information content (AvgIpc) is 3.02. The molecule has 0 atom stereocenters. The van der Waals surface area contributed by atoms with Crippen molar-refractivity contribution in [3.8, 4) is 6.01 Å². The monoisotopic (exact) mass is 273 g/mol. The highest BCUT2D eigenvalue weighted by Gasteiger charge is 2.35. The predicted molar refractivity (Wildman–Crippen MR) is 74.4 cm³/mol. The molecule has 2 heterocycles. The lowest BCUT2D eigenvalue weighted by atomic mass is 9.78. The second-order valence-electron chi connectivity index (χ2n) is 5.35. The first kappa shape index (κ1) is 13.1. The van der Waals surface area contributed by atoms with Crippen LogP contribution >= 0.6 is 0 Å². The molecule has 0 bridgehead atoms. The first-order valence-corrected chi connectivity index (χ1v) is 6.93. The molecule has 0 spiro atoms. The van der Waals surface area contributed by atoms with E-state index in [1.54, 1.807) is 12.4 Å². The van der Waals surface area contributed by atoms with Gasteiger partial charge in [0.05, 0.1) is 12.7 Å². The van der Waals surface area contributed by atoms with Gasteiger partial charge < -0.3 is 14.4 Å². The lowest BCUT2D eigenvalue weighted by Gasteiger charge is -2.36. The van der Waals surface area contributed by atoms with Gasteiger partial charge in [0.1, 0.15) is 0 Å². The third-order valence-corrected chi connectivity index (χ3v) is 4.18. The van der Waals surface area contributed by atoms with Gasteiger partial charge in [0.15, 0.2) is 0 Å². The van der Waals surface area contributed by atoms with E-state index in [-0.39, 0.29) is 0 Å². The Labute approximate surface area is 118 Å². The molecule has 1 aliphatic rings. The number of hydrogen-bond acceptors (Lipinski definition) is 4. The van der Waals surface area contributed by atoms with Crippen LogP contribution in [0.3, 0.4) is 0 Å². The van der Waals surface area contributed by atoms with Crippen molar-refractivity contribution in [3.05, 3.63) is 42.5 Å². The van der Waals surface area contributed by atoms with Crippen molar-refractivity contribution in [2.24, 2.45) is 0 Å². The molecule has 3 rings (SSSR count). The Morgan fingerprint density at radius 3 is 2.35 bits per heavy atom. The molecule has 1 fully saturated rings. The Kier molecular flexibility index (Phi) is 3.44. The lowest BCUT2D eigenvalue weighted by Crippen LogP contribution is -2.32. The normalized spacial score (nSPS) is 26.4. The largest absolute Gasteiger partial charge is 0.467 e. The molecule has 0 amide bonds. The molecule has 0 unspecified atom stereocenters. The van der Waals surface area contributed by atoms with E-state index in [1.807, 2.05) is 12.1 Å². The highest BCUT2D eigenvalue weighted by Crippen LogP contribution is 2.40. The minimum atomic E-state index is -0.810. The highest BCUT2D eigenvalue weighted by atomic mass is 16.5. The number of ether oxygens (including phenoxy) is 1. The molecule has 5 nitrogen and oxygen atoms in total. The van der Waals surface area contributed by atoms with E-state index in [0.29, 0.717) is 12.1 Å². The van der Waals surface area contributed by atoms with E-state index in [1.165, 1.54) is 7.11 Å². The summed E-state index contributed by atoms with van der Waals surface area (Å²) in [4.78, 5) is 8.18. The van der Waals surface area contributed by atoms with Crippen molar-refractivity contribution in [2.45, 2.75) is 37.3 Å². The molecule has 0 saturated heterocycles. The number of aliphatic hydroxyl groups is 1. The molecule has 0 aromatic carbocycles. The summed E-state index contributed by atoms with van der Waals surface area (Å²) in [6, 6.07) is 4.89. The summed E-state index contributed by atoms with van der Waals surface area (Å²) in [5.41, 5.74) is -0.0279. The van der Waals surface area contributed by atoms with Crippen LogP contribution in [-0.4, -0.2) is 26.8 Å². The molecule has 2 aromatic heterocycles. The summed E-state index contributed by atoms with van der Waals surface area (Å²) in [7, 11) is 1.53. The Hall–Kier alpha value is -1.88. The van der Waals surface area contributed by atoms with Gasteiger partial charge in [-0.25, -0.2) is 9.97 Å².